The van der Waals surface area contributed by atoms with E-state index < -0.39 is 0 Å². The van der Waals surface area contributed by atoms with E-state index in [1.807, 2.05) is 37.3 Å². The van der Waals surface area contributed by atoms with Gasteiger partial charge in [0.25, 0.3) is 0 Å². The zero-order valence-electron chi connectivity index (χ0n) is 14.8. The van der Waals surface area contributed by atoms with E-state index in [0.29, 0.717) is 19.5 Å². The minimum absolute atomic E-state index is 0.000346. The quantitative estimate of drug-likeness (QED) is 0.867. The number of rotatable bonds is 6. The Hall–Kier alpha value is -2.69. The second-order valence-electron chi connectivity index (χ2n) is 6.76. The summed E-state index contributed by atoms with van der Waals surface area (Å²) in [6.07, 6.45) is 0.900. The molecule has 3 rings (SSSR count). The van der Waals surface area contributed by atoms with Crippen LogP contribution in [0.1, 0.15) is 30.5 Å². The first-order valence-electron chi connectivity index (χ1n) is 8.90. The van der Waals surface area contributed by atoms with Crippen LogP contribution in [0.2, 0.25) is 0 Å². The molecule has 2 aromatic rings. The molecule has 1 fully saturated rings. The van der Waals surface area contributed by atoms with Crippen LogP contribution in [0.5, 0.6) is 0 Å². The van der Waals surface area contributed by atoms with Gasteiger partial charge in [-0.2, -0.15) is 0 Å². The molecule has 2 unspecified atom stereocenters. The molecule has 0 spiro atoms. The van der Waals surface area contributed by atoms with Gasteiger partial charge in [0.15, 0.2) is 0 Å². The first-order valence-corrected chi connectivity index (χ1v) is 8.90. The Morgan fingerprint density at radius 2 is 1.88 bits per heavy atom. The summed E-state index contributed by atoms with van der Waals surface area (Å²) in [5.74, 6) is -0.671. The minimum Gasteiger partial charge on any atom is -0.349 e. The normalized spacial score (nSPS) is 18.0. The molecule has 136 valence electrons. The number of hydrogen-bond donors (Lipinski definition) is 1. The number of carbonyl (C=O) groups is 2. The van der Waals surface area contributed by atoms with Crippen molar-refractivity contribution >= 4 is 11.8 Å². The van der Waals surface area contributed by atoms with E-state index in [1.54, 1.807) is 17.0 Å². The molecule has 4 nitrogen and oxygen atoms in total. The fourth-order valence-electron chi connectivity index (χ4n) is 3.24. The van der Waals surface area contributed by atoms with Crippen LogP contribution >= 0.6 is 0 Å². The van der Waals surface area contributed by atoms with Crippen molar-refractivity contribution in [1.29, 1.82) is 0 Å². The van der Waals surface area contributed by atoms with Gasteiger partial charge in [0.05, 0.1) is 12.0 Å². The van der Waals surface area contributed by atoms with E-state index in [-0.39, 0.29) is 36.0 Å². The number of hydrogen-bond acceptors (Lipinski definition) is 2. The molecule has 2 amide bonds. The Morgan fingerprint density at radius 3 is 2.58 bits per heavy atom. The van der Waals surface area contributed by atoms with Crippen LogP contribution in [0, 0.1) is 11.7 Å². The molecular formula is C21H23FN2O2. The van der Waals surface area contributed by atoms with E-state index in [4.69, 9.17) is 0 Å². The lowest BCUT2D eigenvalue weighted by Gasteiger charge is -2.19. The summed E-state index contributed by atoms with van der Waals surface area (Å²) in [7, 11) is 0. The molecule has 0 aromatic heterocycles. The highest BCUT2D eigenvalue weighted by molar-refractivity contribution is 5.89. The maximum Gasteiger partial charge on any atom is 0.225 e. The standard InChI is InChI=1S/C21H23FN2O2/c1-15(17-5-3-2-4-6-17)23-21(26)18-13-20(25)24(14-18)12-11-16-7-9-19(22)10-8-16/h2-10,15,18H,11-14H2,1H3,(H,23,26). The Bertz CT molecular complexity index is 761. The molecule has 1 aliphatic rings. The SMILES string of the molecule is CC(NC(=O)C1CC(=O)N(CCc2ccc(F)cc2)C1)c1ccccc1. The molecule has 1 heterocycles. The summed E-state index contributed by atoms with van der Waals surface area (Å²) in [6, 6.07) is 16.0. The lowest BCUT2D eigenvalue weighted by atomic mass is 10.1. The average Bonchev–Trinajstić information content (AvgIpc) is 3.03. The second-order valence-corrected chi connectivity index (χ2v) is 6.76. The van der Waals surface area contributed by atoms with Gasteiger partial charge in [-0.05, 0) is 36.6 Å². The molecule has 0 saturated carbocycles. The minimum atomic E-state index is -0.318. The van der Waals surface area contributed by atoms with Crippen molar-refractivity contribution in [3.8, 4) is 0 Å². The summed E-state index contributed by atoms with van der Waals surface area (Å²) in [5.41, 5.74) is 2.02. The van der Waals surface area contributed by atoms with Crippen LogP contribution in [0.3, 0.4) is 0 Å². The number of halogens is 1. The number of carbonyl (C=O) groups excluding carboxylic acids is 2. The van der Waals surface area contributed by atoms with Crippen molar-refractivity contribution in [3.63, 3.8) is 0 Å². The van der Waals surface area contributed by atoms with Crippen LogP contribution in [0.25, 0.3) is 0 Å². The third kappa shape index (κ3) is 4.48. The summed E-state index contributed by atoms with van der Waals surface area (Å²) in [4.78, 5) is 26.4. The van der Waals surface area contributed by atoms with Gasteiger partial charge in [-0.15, -0.1) is 0 Å². The highest BCUT2D eigenvalue weighted by atomic mass is 19.1. The Balaban J connectivity index is 1.51. The molecule has 2 aromatic carbocycles. The van der Waals surface area contributed by atoms with Gasteiger partial charge in [-0.1, -0.05) is 42.5 Å². The number of nitrogens with zero attached hydrogens (tertiary/aromatic N) is 1. The van der Waals surface area contributed by atoms with Crippen LogP contribution < -0.4 is 5.32 Å². The number of benzene rings is 2. The van der Waals surface area contributed by atoms with Crippen molar-refractivity contribution in [2.75, 3.05) is 13.1 Å². The highest BCUT2D eigenvalue weighted by Gasteiger charge is 2.34. The van der Waals surface area contributed by atoms with Gasteiger partial charge in [0.1, 0.15) is 5.82 Å². The predicted molar refractivity (Wildman–Crippen MR) is 97.8 cm³/mol. The van der Waals surface area contributed by atoms with Crippen LogP contribution in [-0.4, -0.2) is 29.8 Å². The van der Waals surface area contributed by atoms with Crippen LogP contribution in [0.15, 0.2) is 54.6 Å². The monoisotopic (exact) mass is 354 g/mol. The highest BCUT2D eigenvalue weighted by Crippen LogP contribution is 2.20. The first-order chi connectivity index (χ1) is 12.5. The number of nitrogens with one attached hydrogen (secondary N) is 1. The lowest BCUT2D eigenvalue weighted by molar-refractivity contribution is -0.129. The maximum absolute atomic E-state index is 12.9. The lowest BCUT2D eigenvalue weighted by Crippen LogP contribution is -2.35. The van der Waals surface area contributed by atoms with E-state index in [1.165, 1.54) is 12.1 Å². The molecular weight excluding hydrogens is 331 g/mol. The van der Waals surface area contributed by atoms with Crippen molar-refractivity contribution < 1.29 is 14.0 Å². The van der Waals surface area contributed by atoms with E-state index in [2.05, 4.69) is 5.32 Å². The molecule has 1 aliphatic heterocycles. The molecule has 0 bridgehead atoms. The smallest absolute Gasteiger partial charge is 0.225 e. The topological polar surface area (TPSA) is 49.4 Å². The summed E-state index contributed by atoms with van der Waals surface area (Å²) < 4.78 is 12.9. The molecule has 1 N–H and O–H groups in total. The molecule has 5 heteroatoms. The summed E-state index contributed by atoms with van der Waals surface area (Å²) in [6.45, 7) is 2.92. The fraction of sp³-hybridized carbons (Fsp3) is 0.333. The summed E-state index contributed by atoms with van der Waals surface area (Å²) in [5, 5.41) is 3.00. The second kappa shape index (κ2) is 8.13. The van der Waals surface area contributed by atoms with Gasteiger partial charge < -0.3 is 10.2 Å². The molecule has 0 radical (unpaired) electrons. The Morgan fingerprint density at radius 1 is 1.19 bits per heavy atom. The van der Waals surface area contributed by atoms with E-state index in [9.17, 15) is 14.0 Å². The van der Waals surface area contributed by atoms with Crippen molar-refractivity contribution in [3.05, 3.63) is 71.5 Å². The van der Waals surface area contributed by atoms with Gasteiger partial charge in [-0.3, -0.25) is 9.59 Å². The maximum atomic E-state index is 12.9. The van der Waals surface area contributed by atoms with Gasteiger partial charge in [0.2, 0.25) is 11.8 Å². The summed E-state index contributed by atoms with van der Waals surface area (Å²) >= 11 is 0. The van der Waals surface area contributed by atoms with Gasteiger partial charge in [-0.25, -0.2) is 4.39 Å². The van der Waals surface area contributed by atoms with Crippen molar-refractivity contribution in [1.82, 2.24) is 10.2 Å². The van der Waals surface area contributed by atoms with Crippen molar-refractivity contribution in [2.45, 2.75) is 25.8 Å². The third-order valence-electron chi connectivity index (χ3n) is 4.83. The Labute approximate surface area is 153 Å². The Kier molecular flexibility index (Phi) is 5.66. The largest absolute Gasteiger partial charge is 0.349 e. The zero-order chi connectivity index (χ0) is 18.5. The number of amides is 2. The van der Waals surface area contributed by atoms with E-state index in [0.717, 1.165) is 11.1 Å². The predicted octanol–water partition coefficient (Wildman–Crippen LogP) is 3.09. The number of likely N-dealkylation sites (tertiary alicyclic amines) is 1. The van der Waals surface area contributed by atoms with Crippen LogP contribution in [-0.2, 0) is 16.0 Å². The third-order valence-corrected chi connectivity index (χ3v) is 4.83. The fourth-order valence-corrected chi connectivity index (χ4v) is 3.24. The van der Waals surface area contributed by atoms with Gasteiger partial charge >= 0.3 is 0 Å². The van der Waals surface area contributed by atoms with Crippen molar-refractivity contribution in [2.24, 2.45) is 5.92 Å². The molecule has 2 atom stereocenters. The first kappa shape index (κ1) is 18.1. The molecule has 0 aliphatic carbocycles. The molecule has 1 saturated heterocycles. The van der Waals surface area contributed by atoms with Gasteiger partial charge in [0, 0.05) is 19.5 Å². The molecule has 26 heavy (non-hydrogen) atoms. The zero-order valence-corrected chi connectivity index (χ0v) is 14.8. The average molecular weight is 354 g/mol. The van der Waals surface area contributed by atoms with E-state index >= 15 is 0 Å². The van der Waals surface area contributed by atoms with Crippen LogP contribution in [0.4, 0.5) is 4.39 Å².